The van der Waals surface area contributed by atoms with E-state index in [1.807, 2.05) is 25.1 Å². The van der Waals surface area contributed by atoms with E-state index in [2.05, 4.69) is 31.2 Å². The number of carbonyl (C=O) groups is 1. The summed E-state index contributed by atoms with van der Waals surface area (Å²) in [6.07, 6.45) is 1.01. The zero-order chi connectivity index (χ0) is 21.0. The summed E-state index contributed by atoms with van der Waals surface area (Å²) in [5, 5.41) is 2.93. The Morgan fingerprint density at radius 2 is 1.86 bits per heavy atom. The number of halogens is 1. The number of hydrogen-bond donors (Lipinski definition) is 2. The smallest absolute Gasteiger partial charge is 0.270 e. The number of thioether (sulfide) groups is 1. The van der Waals surface area contributed by atoms with E-state index in [1.54, 1.807) is 18.2 Å². The van der Waals surface area contributed by atoms with Gasteiger partial charge < -0.3 is 10.3 Å². The number of nitrogens with zero attached hydrogens (tertiary/aromatic N) is 1. The van der Waals surface area contributed by atoms with Crippen molar-refractivity contribution in [3.05, 3.63) is 75.1 Å². The Morgan fingerprint density at radius 3 is 2.52 bits per heavy atom. The minimum atomic E-state index is -4.00. The quantitative estimate of drug-likeness (QED) is 0.402. The molecule has 3 rings (SSSR count). The van der Waals surface area contributed by atoms with Gasteiger partial charge in [0.25, 0.3) is 5.56 Å². The highest BCUT2D eigenvalue weighted by Crippen LogP contribution is 2.21. The van der Waals surface area contributed by atoms with E-state index in [-0.39, 0.29) is 21.7 Å². The third-order valence-corrected chi connectivity index (χ3v) is 7.09. The van der Waals surface area contributed by atoms with Crippen LogP contribution in [0.1, 0.15) is 5.56 Å². The van der Waals surface area contributed by atoms with Crippen molar-refractivity contribution in [2.24, 2.45) is 0 Å². The van der Waals surface area contributed by atoms with Crippen LogP contribution in [0, 0.1) is 6.92 Å². The molecule has 0 bridgehead atoms. The van der Waals surface area contributed by atoms with Crippen molar-refractivity contribution in [1.82, 2.24) is 9.97 Å². The van der Waals surface area contributed by atoms with Crippen LogP contribution in [-0.2, 0) is 14.6 Å². The molecule has 150 valence electrons. The number of nitrogens with one attached hydrogen (secondary N) is 2. The highest BCUT2D eigenvalue weighted by molar-refractivity contribution is 9.10. The molecule has 1 amide bonds. The van der Waals surface area contributed by atoms with Gasteiger partial charge in [-0.3, -0.25) is 9.59 Å². The van der Waals surface area contributed by atoms with Crippen molar-refractivity contribution in [2.45, 2.75) is 21.9 Å². The van der Waals surface area contributed by atoms with Gasteiger partial charge >= 0.3 is 0 Å². The number of benzene rings is 2. The first-order chi connectivity index (χ1) is 13.8. The largest absolute Gasteiger partial charge is 0.325 e. The molecule has 1 aromatic heterocycles. The fourth-order valence-corrected chi connectivity index (χ4v) is 4.54. The number of anilines is 1. The first-order valence-corrected chi connectivity index (χ1v) is 11.6. The first-order valence-electron chi connectivity index (χ1n) is 8.35. The number of carbonyl (C=O) groups excluding carboxylic acids is 1. The molecular weight excluding hydrogens is 478 g/mol. The normalized spacial score (nSPS) is 11.2. The van der Waals surface area contributed by atoms with Gasteiger partial charge in [0.05, 0.1) is 16.8 Å². The van der Waals surface area contributed by atoms with Crippen LogP contribution >= 0.6 is 27.7 Å². The zero-order valence-electron chi connectivity index (χ0n) is 15.2. The number of aryl methyl sites for hydroxylation is 1. The van der Waals surface area contributed by atoms with Crippen LogP contribution in [0.25, 0.3) is 0 Å². The predicted molar refractivity (Wildman–Crippen MR) is 115 cm³/mol. The molecular formula is C19H16BrN3O4S2. The molecule has 2 aromatic carbocycles. The van der Waals surface area contributed by atoms with E-state index in [0.29, 0.717) is 5.69 Å². The minimum Gasteiger partial charge on any atom is -0.325 e. The summed E-state index contributed by atoms with van der Waals surface area (Å²) in [7, 11) is -4.00. The number of aromatic nitrogens is 2. The van der Waals surface area contributed by atoms with Crippen LogP contribution < -0.4 is 10.9 Å². The molecule has 0 saturated carbocycles. The number of hydrogen-bond acceptors (Lipinski definition) is 6. The molecule has 0 unspecified atom stereocenters. The second-order valence-electron chi connectivity index (χ2n) is 5.99. The molecule has 29 heavy (non-hydrogen) atoms. The van der Waals surface area contributed by atoms with Crippen molar-refractivity contribution in [1.29, 1.82) is 0 Å². The summed E-state index contributed by atoms with van der Waals surface area (Å²) >= 11 is 4.24. The SMILES string of the molecule is Cc1ccccc1NC(=O)CSc1ncc(S(=O)(=O)c2ccc(Br)cc2)c(=O)[nH]1. The lowest BCUT2D eigenvalue weighted by molar-refractivity contribution is -0.113. The van der Waals surface area contributed by atoms with Crippen molar-refractivity contribution >= 4 is 49.1 Å². The van der Waals surface area contributed by atoms with Gasteiger partial charge in [-0.25, -0.2) is 13.4 Å². The maximum atomic E-state index is 12.6. The molecule has 0 aliphatic carbocycles. The van der Waals surface area contributed by atoms with Crippen molar-refractivity contribution < 1.29 is 13.2 Å². The van der Waals surface area contributed by atoms with E-state index in [1.165, 1.54) is 12.1 Å². The molecule has 10 heteroatoms. The molecule has 0 radical (unpaired) electrons. The lowest BCUT2D eigenvalue weighted by atomic mass is 10.2. The van der Waals surface area contributed by atoms with Gasteiger partial charge in [-0.05, 0) is 42.8 Å². The zero-order valence-corrected chi connectivity index (χ0v) is 18.4. The molecule has 1 heterocycles. The van der Waals surface area contributed by atoms with Gasteiger partial charge in [0, 0.05) is 10.2 Å². The van der Waals surface area contributed by atoms with Crippen LogP contribution in [-0.4, -0.2) is 30.0 Å². The van der Waals surface area contributed by atoms with Crippen molar-refractivity contribution in [3.63, 3.8) is 0 Å². The molecule has 2 N–H and O–H groups in total. The number of aromatic amines is 1. The molecule has 0 aliphatic heterocycles. The van der Waals surface area contributed by atoms with Crippen LogP contribution in [0.15, 0.2) is 78.9 Å². The second kappa shape index (κ2) is 8.93. The Balaban J connectivity index is 1.71. The lowest BCUT2D eigenvalue weighted by Gasteiger charge is -2.08. The number of para-hydroxylation sites is 1. The van der Waals surface area contributed by atoms with E-state index in [4.69, 9.17) is 0 Å². The fraction of sp³-hybridized carbons (Fsp3) is 0.105. The molecule has 0 spiro atoms. The average molecular weight is 494 g/mol. The monoisotopic (exact) mass is 493 g/mol. The minimum absolute atomic E-state index is 0.00832. The Kier molecular flexibility index (Phi) is 6.56. The summed E-state index contributed by atoms with van der Waals surface area (Å²) in [6.45, 7) is 1.88. The Labute approximate surface area is 180 Å². The van der Waals surface area contributed by atoms with E-state index in [0.717, 1.165) is 28.0 Å². The molecule has 0 atom stereocenters. The number of rotatable bonds is 6. The molecule has 0 aliphatic rings. The molecule has 0 fully saturated rings. The van der Waals surface area contributed by atoms with E-state index < -0.39 is 20.3 Å². The highest BCUT2D eigenvalue weighted by Gasteiger charge is 2.22. The van der Waals surface area contributed by atoms with E-state index in [9.17, 15) is 18.0 Å². The third-order valence-electron chi connectivity index (χ3n) is 3.92. The van der Waals surface area contributed by atoms with Gasteiger partial charge in [0.15, 0.2) is 10.1 Å². The number of sulfone groups is 1. The van der Waals surface area contributed by atoms with Crippen molar-refractivity contribution in [2.75, 3.05) is 11.1 Å². The van der Waals surface area contributed by atoms with Gasteiger partial charge in [0.2, 0.25) is 15.7 Å². The summed E-state index contributed by atoms with van der Waals surface area (Å²) in [5.74, 6) is -0.255. The fourth-order valence-electron chi connectivity index (χ4n) is 2.41. The number of H-pyrrole nitrogens is 1. The van der Waals surface area contributed by atoms with Crippen LogP contribution in [0.2, 0.25) is 0 Å². The molecule has 3 aromatic rings. The van der Waals surface area contributed by atoms with Crippen molar-refractivity contribution in [3.8, 4) is 0 Å². The van der Waals surface area contributed by atoms with Gasteiger partial charge in [0.1, 0.15) is 0 Å². The molecule has 0 saturated heterocycles. The predicted octanol–water partition coefficient (Wildman–Crippen LogP) is 3.40. The third kappa shape index (κ3) is 5.14. The Morgan fingerprint density at radius 1 is 1.17 bits per heavy atom. The summed E-state index contributed by atoms with van der Waals surface area (Å²) in [6, 6.07) is 13.3. The second-order valence-corrected chi connectivity index (χ2v) is 9.79. The molecule has 7 nitrogen and oxygen atoms in total. The van der Waals surface area contributed by atoms with Crippen LogP contribution in [0.4, 0.5) is 5.69 Å². The van der Waals surface area contributed by atoms with Crippen LogP contribution in [0.3, 0.4) is 0 Å². The topological polar surface area (TPSA) is 109 Å². The maximum absolute atomic E-state index is 12.6. The van der Waals surface area contributed by atoms with Gasteiger partial charge in [-0.15, -0.1) is 0 Å². The standard InChI is InChI=1S/C19H16BrN3O4S2/c1-12-4-2-3-5-15(12)22-17(24)11-28-19-21-10-16(18(25)23-19)29(26,27)14-8-6-13(20)7-9-14/h2-10H,11H2,1H3,(H,22,24)(H,21,23,25). The number of amides is 1. The maximum Gasteiger partial charge on any atom is 0.270 e. The van der Waals surface area contributed by atoms with E-state index >= 15 is 0 Å². The van der Waals surface area contributed by atoms with Gasteiger partial charge in [-0.2, -0.15) is 0 Å². The van der Waals surface area contributed by atoms with Crippen LogP contribution in [0.5, 0.6) is 0 Å². The first kappa shape index (κ1) is 21.3. The average Bonchev–Trinajstić information content (AvgIpc) is 2.68. The summed E-state index contributed by atoms with van der Waals surface area (Å²) < 4.78 is 26.0. The summed E-state index contributed by atoms with van der Waals surface area (Å²) in [5.41, 5.74) is 0.847. The Bertz CT molecular complexity index is 1210. The van der Waals surface area contributed by atoms with Gasteiger partial charge in [-0.1, -0.05) is 45.9 Å². The Hall–Kier alpha value is -2.43. The highest BCUT2D eigenvalue weighted by atomic mass is 79.9. The lowest BCUT2D eigenvalue weighted by Crippen LogP contribution is -2.20. The summed E-state index contributed by atoms with van der Waals surface area (Å²) in [4.78, 5) is 30.4.